The van der Waals surface area contributed by atoms with Crippen LogP contribution in [0.1, 0.15) is 10.4 Å². The maximum atomic E-state index is 5.83. The second-order valence-electron chi connectivity index (χ2n) is 2.18. The molecule has 0 nitrogen and oxygen atoms in total. The standard InChI is InChI=1S/C7H2Cl6/c8-2-1-3(9)5(10)6(11)4(2)7(12)13/h1,7H. The summed E-state index contributed by atoms with van der Waals surface area (Å²) in [5, 5.41) is 0.965. The molecule has 1 aromatic carbocycles. The summed E-state index contributed by atoms with van der Waals surface area (Å²) in [5.74, 6) is 0. The highest BCUT2D eigenvalue weighted by Crippen LogP contribution is 2.43. The van der Waals surface area contributed by atoms with Crippen molar-refractivity contribution >= 4 is 69.6 Å². The van der Waals surface area contributed by atoms with Gasteiger partial charge in [0.2, 0.25) is 0 Å². The van der Waals surface area contributed by atoms with Gasteiger partial charge < -0.3 is 0 Å². The molecular formula is C7H2Cl6. The second-order valence-corrected chi connectivity index (χ2v) is 4.85. The Morgan fingerprint density at radius 3 is 1.85 bits per heavy atom. The van der Waals surface area contributed by atoms with Crippen LogP contribution in [0.3, 0.4) is 0 Å². The van der Waals surface area contributed by atoms with E-state index >= 15 is 0 Å². The fourth-order valence-corrected chi connectivity index (χ4v) is 2.59. The van der Waals surface area contributed by atoms with Crippen LogP contribution in [0.15, 0.2) is 6.07 Å². The van der Waals surface area contributed by atoms with E-state index in [0.29, 0.717) is 10.6 Å². The van der Waals surface area contributed by atoms with Crippen molar-refractivity contribution in [3.63, 3.8) is 0 Å². The quantitative estimate of drug-likeness (QED) is 0.350. The first-order valence-electron chi connectivity index (χ1n) is 3.06. The monoisotopic (exact) mass is 296 g/mol. The molecule has 0 aliphatic heterocycles. The lowest BCUT2D eigenvalue weighted by atomic mass is 10.2. The van der Waals surface area contributed by atoms with Crippen molar-refractivity contribution in [2.45, 2.75) is 4.84 Å². The highest BCUT2D eigenvalue weighted by Gasteiger charge is 2.18. The van der Waals surface area contributed by atoms with Gasteiger partial charge in [0.25, 0.3) is 0 Å². The Bertz CT molecular complexity index is 332. The summed E-state index contributed by atoms with van der Waals surface area (Å²) in [4.78, 5) is -0.824. The lowest BCUT2D eigenvalue weighted by Gasteiger charge is -2.09. The molecule has 0 unspecified atom stereocenters. The van der Waals surface area contributed by atoms with Crippen LogP contribution in [0.2, 0.25) is 20.1 Å². The average molecular weight is 299 g/mol. The Morgan fingerprint density at radius 2 is 1.38 bits per heavy atom. The van der Waals surface area contributed by atoms with Crippen LogP contribution in [0.25, 0.3) is 0 Å². The molecular weight excluding hydrogens is 297 g/mol. The topological polar surface area (TPSA) is 0 Å². The third-order valence-corrected chi connectivity index (χ3v) is 3.39. The van der Waals surface area contributed by atoms with Gasteiger partial charge in [0.1, 0.15) is 4.84 Å². The summed E-state index contributed by atoms with van der Waals surface area (Å²) in [6.07, 6.45) is 0. The van der Waals surface area contributed by atoms with Crippen molar-refractivity contribution in [1.29, 1.82) is 0 Å². The highest BCUT2D eigenvalue weighted by molar-refractivity contribution is 6.52. The summed E-state index contributed by atoms with van der Waals surface area (Å²) < 4.78 is 0. The van der Waals surface area contributed by atoms with Crippen LogP contribution in [0, 0.1) is 0 Å². The van der Waals surface area contributed by atoms with Crippen molar-refractivity contribution in [2.75, 3.05) is 0 Å². The van der Waals surface area contributed by atoms with E-state index in [9.17, 15) is 0 Å². The van der Waals surface area contributed by atoms with E-state index in [0.717, 1.165) is 0 Å². The first-order valence-corrected chi connectivity index (χ1v) is 5.44. The Kier molecular flexibility index (Phi) is 4.31. The number of hydrogen-bond donors (Lipinski definition) is 0. The normalized spacial score (nSPS) is 11.0. The van der Waals surface area contributed by atoms with Crippen LogP contribution in [0.5, 0.6) is 0 Å². The lowest BCUT2D eigenvalue weighted by molar-refractivity contribution is 1.35. The number of benzene rings is 1. The molecule has 0 aliphatic rings. The Labute approximate surface area is 106 Å². The number of rotatable bonds is 1. The van der Waals surface area contributed by atoms with Gasteiger partial charge in [0.15, 0.2) is 0 Å². The Hall–Kier alpha value is 0.960. The maximum Gasteiger partial charge on any atom is 0.135 e. The van der Waals surface area contributed by atoms with Crippen molar-refractivity contribution in [2.24, 2.45) is 0 Å². The molecule has 0 aliphatic carbocycles. The lowest BCUT2D eigenvalue weighted by Crippen LogP contribution is -1.87. The van der Waals surface area contributed by atoms with Gasteiger partial charge in [-0.3, -0.25) is 0 Å². The van der Waals surface area contributed by atoms with Crippen molar-refractivity contribution < 1.29 is 0 Å². The molecule has 0 spiro atoms. The van der Waals surface area contributed by atoms with Gasteiger partial charge in [-0.2, -0.15) is 0 Å². The Morgan fingerprint density at radius 1 is 0.846 bits per heavy atom. The van der Waals surface area contributed by atoms with Crippen LogP contribution in [-0.4, -0.2) is 0 Å². The molecule has 0 heterocycles. The SMILES string of the molecule is Clc1cc(Cl)c(C(Cl)Cl)c(Cl)c1Cl. The van der Waals surface area contributed by atoms with Crippen LogP contribution in [-0.2, 0) is 0 Å². The third-order valence-electron chi connectivity index (χ3n) is 1.37. The van der Waals surface area contributed by atoms with Crippen LogP contribution < -0.4 is 0 Å². The third kappa shape index (κ3) is 2.50. The molecule has 0 aromatic heterocycles. The van der Waals surface area contributed by atoms with Gasteiger partial charge in [0.05, 0.1) is 15.1 Å². The smallest absolute Gasteiger partial charge is 0.0999 e. The zero-order valence-electron chi connectivity index (χ0n) is 5.92. The average Bonchev–Trinajstić information content (AvgIpc) is 1.99. The summed E-state index contributed by atoms with van der Waals surface area (Å²) in [5.41, 5.74) is 0.376. The van der Waals surface area contributed by atoms with Crippen molar-refractivity contribution in [3.8, 4) is 0 Å². The van der Waals surface area contributed by atoms with Crippen molar-refractivity contribution in [3.05, 3.63) is 31.7 Å². The van der Waals surface area contributed by atoms with Gasteiger partial charge >= 0.3 is 0 Å². The molecule has 72 valence electrons. The molecule has 0 fully saturated rings. The predicted molar refractivity (Wildman–Crippen MR) is 60.9 cm³/mol. The minimum atomic E-state index is -0.824. The summed E-state index contributed by atoms with van der Waals surface area (Å²) in [7, 11) is 0. The van der Waals surface area contributed by atoms with E-state index in [1.165, 1.54) is 6.07 Å². The van der Waals surface area contributed by atoms with Gasteiger partial charge in [0, 0.05) is 10.6 Å². The molecule has 0 bridgehead atoms. The van der Waals surface area contributed by atoms with Gasteiger partial charge in [-0.25, -0.2) is 0 Å². The van der Waals surface area contributed by atoms with E-state index < -0.39 is 4.84 Å². The summed E-state index contributed by atoms with van der Waals surface area (Å²) >= 11 is 34.4. The number of alkyl halides is 2. The number of hydrogen-bond acceptors (Lipinski definition) is 0. The molecule has 1 aromatic rings. The van der Waals surface area contributed by atoms with E-state index in [4.69, 9.17) is 69.6 Å². The molecule has 6 heteroatoms. The summed E-state index contributed by atoms with van der Waals surface area (Å²) in [6.45, 7) is 0. The van der Waals surface area contributed by atoms with E-state index in [1.54, 1.807) is 0 Å². The van der Waals surface area contributed by atoms with Crippen LogP contribution in [0.4, 0.5) is 0 Å². The maximum absolute atomic E-state index is 5.83. The van der Waals surface area contributed by atoms with Gasteiger partial charge in [-0.15, -0.1) is 0 Å². The molecule has 1 rings (SSSR count). The zero-order chi connectivity index (χ0) is 10.2. The minimum absolute atomic E-state index is 0.189. The van der Waals surface area contributed by atoms with E-state index in [1.807, 2.05) is 0 Å². The largest absolute Gasteiger partial charge is 0.135 e. The fourth-order valence-electron chi connectivity index (χ4n) is 0.780. The Balaban J connectivity index is 3.44. The highest BCUT2D eigenvalue weighted by atomic mass is 35.5. The predicted octanol–water partition coefficient (Wildman–Crippen LogP) is 5.78. The molecule has 0 amide bonds. The van der Waals surface area contributed by atoms with E-state index in [2.05, 4.69) is 0 Å². The first kappa shape index (κ1) is 12.0. The van der Waals surface area contributed by atoms with Crippen LogP contribution >= 0.6 is 69.6 Å². The molecule has 0 saturated heterocycles. The second kappa shape index (κ2) is 4.65. The molecule has 0 saturated carbocycles. The van der Waals surface area contributed by atoms with Gasteiger partial charge in [-0.1, -0.05) is 69.6 Å². The molecule has 0 atom stereocenters. The van der Waals surface area contributed by atoms with E-state index in [-0.39, 0.29) is 15.1 Å². The molecule has 0 N–H and O–H groups in total. The minimum Gasteiger partial charge on any atom is -0.0999 e. The zero-order valence-corrected chi connectivity index (χ0v) is 10.5. The van der Waals surface area contributed by atoms with Gasteiger partial charge in [-0.05, 0) is 6.07 Å². The molecule has 13 heavy (non-hydrogen) atoms. The molecule has 0 radical (unpaired) electrons. The first-order chi connectivity index (χ1) is 5.95. The summed E-state index contributed by atoms with van der Waals surface area (Å²) in [6, 6.07) is 1.45. The van der Waals surface area contributed by atoms with Crippen molar-refractivity contribution in [1.82, 2.24) is 0 Å². The fraction of sp³-hybridized carbons (Fsp3) is 0.143. The number of halogens is 6.